The number of hydrogen-bond donors (Lipinski definition) is 4. The van der Waals surface area contributed by atoms with Gasteiger partial charge in [-0.25, -0.2) is 4.79 Å². The number of rotatable bonds is 2. The second-order valence-corrected chi connectivity index (χ2v) is 2.82. The number of carboxylic acids is 1. The fraction of sp³-hybridized carbons (Fsp3) is 0.833. The SMILES string of the molecule is O=C(O)[C@H]1O[C@H](OF)[C@H](O)[C@@H](O)[C@@H]1O. The van der Waals surface area contributed by atoms with Crippen LogP contribution < -0.4 is 0 Å². The zero-order valence-corrected chi connectivity index (χ0v) is 6.78. The molecule has 1 saturated heterocycles. The zero-order valence-electron chi connectivity index (χ0n) is 6.78. The van der Waals surface area contributed by atoms with Gasteiger partial charge in [0, 0.05) is 0 Å². The van der Waals surface area contributed by atoms with E-state index in [0.29, 0.717) is 0 Å². The van der Waals surface area contributed by atoms with Crippen LogP contribution in [-0.2, 0) is 14.5 Å². The van der Waals surface area contributed by atoms with Crippen LogP contribution in [0.3, 0.4) is 0 Å². The quantitative estimate of drug-likeness (QED) is 0.409. The molecular formula is C6H9FO7. The molecule has 0 aromatic carbocycles. The Morgan fingerprint density at radius 2 is 1.79 bits per heavy atom. The lowest BCUT2D eigenvalue weighted by molar-refractivity contribution is -0.355. The first-order valence-corrected chi connectivity index (χ1v) is 3.69. The standard InChI is InChI=1S/C6H9FO7/c7-14-6-3(10)1(8)2(9)4(13-6)5(11)12/h1-4,6,8-10H,(H,11,12)/t1-,2-,3+,4-,6+/m0/s1. The van der Waals surface area contributed by atoms with Crippen molar-refractivity contribution in [3.8, 4) is 0 Å². The van der Waals surface area contributed by atoms with E-state index >= 15 is 0 Å². The highest BCUT2D eigenvalue weighted by atomic mass is 19.3. The molecule has 0 amide bonds. The van der Waals surface area contributed by atoms with Crippen LogP contribution in [-0.4, -0.2) is 57.1 Å². The van der Waals surface area contributed by atoms with Crippen LogP contribution in [0.15, 0.2) is 0 Å². The van der Waals surface area contributed by atoms with E-state index in [0.717, 1.165) is 0 Å². The number of carboxylic acid groups (broad SMARTS) is 1. The number of ether oxygens (including phenoxy) is 1. The number of halogens is 1. The minimum Gasteiger partial charge on any atom is -0.479 e. The van der Waals surface area contributed by atoms with E-state index in [-0.39, 0.29) is 0 Å². The van der Waals surface area contributed by atoms with Crippen molar-refractivity contribution in [2.45, 2.75) is 30.7 Å². The number of carbonyl (C=O) groups is 1. The molecule has 0 aromatic heterocycles. The molecule has 0 aliphatic carbocycles. The number of hydrogen-bond acceptors (Lipinski definition) is 6. The lowest BCUT2D eigenvalue weighted by Crippen LogP contribution is -2.59. The highest BCUT2D eigenvalue weighted by Gasteiger charge is 2.48. The highest BCUT2D eigenvalue weighted by Crippen LogP contribution is 2.22. The summed E-state index contributed by atoms with van der Waals surface area (Å²) in [6, 6.07) is 0. The molecule has 0 saturated carbocycles. The van der Waals surface area contributed by atoms with Crippen LogP contribution in [0.5, 0.6) is 0 Å². The molecule has 1 aliphatic heterocycles. The molecule has 7 nitrogen and oxygen atoms in total. The van der Waals surface area contributed by atoms with Crippen molar-refractivity contribution < 1.29 is 39.4 Å². The van der Waals surface area contributed by atoms with Crippen molar-refractivity contribution in [2.75, 3.05) is 0 Å². The molecular weight excluding hydrogens is 203 g/mol. The summed E-state index contributed by atoms with van der Waals surface area (Å²) in [4.78, 5) is 13.5. The maximum Gasteiger partial charge on any atom is 0.335 e. The van der Waals surface area contributed by atoms with Crippen molar-refractivity contribution in [3.63, 3.8) is 0 Å². The molecule has 14 heavy (non-hydrogen) atoms. The summed E-state index contributed by atoms with van der Waals surface area (Å²) in [5.74, 6) is -1.59. The average Bonchev–Trinajstić information content (AvgIpc) is 2.14. The lowest BCUT2D eigenvalue weighted by atomic mass is 9.99. The van der Waals surface area contributed by atoms with Gasteiger partial charge in [-0.2, -0.15) is 4.94 Å². The predicted octanol–water partition coefficient (Wildman–Crippen LogP) is -2.22. The minimum absolute atomic E-state index is 1.59. The maximum absolute atomic E-state index is 11.7. The van der Waals surface area contributed by atoms with Gasteiger partial charge in [-0.15, -0.1) is 0 Å². The van der Waals surface area contributed by atoms with Gasteiger partial charge in [-0.3, -0.25) is 0 Å². The second-order valence-electron chi connectivity index (χ2n) is 2.82. The van der Waals surface area contributed by atoms with Crippen molar-refractivity contribution >= 4 is 5.97 Å². The monoisotopic (exact) mass is 212 g/mol. The molecule has 1 heterocycles. The van der Waals surface area contributed by atoms with Gasteiger partial charge in [0.25, 0.3) is 0 Å². The van der Waals surface area contributed by atoms with Crippen molar-refractivity contribution in [3.05, 3.63) is 0 Å². The van der Waals surface area contributed by atoms with E-state index in [9.17, 15) is 9.32 Å². The van der Waals surface area contributed by atoms with Gasteiger partial charge in [-0.1, -0.05) is 0 Å². The molecule has 4 N–H and O–H groups in total. The van der Waals surface area contributed by atoms with Gasteiger partial charge in [0.1, 0.15) is 18.3 Å². The number of aliphatic hydroxyl groups excluding tert-OH is 3. The third kappa shape index (κ3) is 1.83. The Balaban J connectivity index is 2.78. The minimum atomic E-state index is -1.92. The molecule has 0 unspecified atom stereocenters. The summed E-state index contributed by atoms with van der Waals surface area (Å²) < 4.78 is 16.0. The molecule has 0 spiro atoms. The topological polar surface area (TPSA) is 116 Å². The van der Waals surface area contributed by atoms with Crippen molar-refractivity contribution in [1.82, 2.24) is 0 Å². The Kier molecular flexibility index (Phi) is 3.34. The molecule has 1 fully saturated rings. The summed E-state index contributed by atoms with van der Waals surface area (Å²) >= 11 is 0. The summed E-state index contributed by atoms with van der Waals surface area (Å²) in [6.07, 6.45) is -9.28. The Morgan fingerprint density at radius 1 is 1.21 bits per heavy atom. The zero-order chi connectivity index (χ0) is 10.9. The van der Waals surface area contributed by atoms with Crippen LogP contribution in [0.25, 0.3) is 0 Å². The third-order valence-electron chi connectivity index (χ3n) is 1.90. The Labute approximate surface area is 77.2 Å². The Bertz CT molecular complexity index is 220. The summed E-state index contributed by atoms with van der Waals surface area (Å²) in [6.45, 7) is 0. The van der Waals surface area contributed by atoms with Crippen LogP contribution in [0.2, 0.25) is 0 Å². The molecule has 1 rings (SSSR count). The number of aliphatic carboxylic acids is 1. The molecule has 0 radical (unpaired) electrons. The van der Waals surface area contributed by atoms with E-state index in [1.165, 1.54) is 0 Å². The number of aliphatic hydroxyl groups is 3. The first-order chi connectivity index (χ1) is 6.49. The molecule has 0 aromatic rings. The van der Waals surface area contributed by atoms with Crippen LogP contribution in [0.4, 0.5) is 4.53 Å². The van der Waals surface area contributed by atoms with Crippen molar-refractivity contribution in [2.24, 2.45) is 0 Å². The fourth-order valence-corrected chi connectivity index (χ4v) is 1.13. The van der Waals surface area contributed by atoms with Gasteiger partial charge in [0.05, 0.1) is 0 Å². The average molecular weight is 212 g/mol. The van der Waals surface area contributed by atoms with E-state index in [2.05, 4.69) is 9.68 Å². The molecule has 82 valence electrons. The van der Waals surface area contributed by atoms with Crippen LogP contribution in [0.1, 0.15) is 0 Å². The largest absolute Gasteiger partial charge is 0.479 e. The smallest absolute Gasteiger partial charge is 0.335 e. The van der Waals surface area contributed by atoms with E-state index in [4.69, 9.17) is 20.4 Å². The summed E-state index contributed by atoms with van der Waals surface area (Å²) in [5, 5.41) is 35.7. The molecule has 8 heteroatoms. The first-order valence-electron chi connectivity index (χ1n) is 3.69. The van der Waals surface area contributed by atoms with Crippen molar-refractivity contribution in [1.29, 1.82) is 0 Å². The second kappa shape index (κ2) is 4.15. The molecule has 5 atom stereocenters. The normalized spacial score (nSPS) is 43.6. The van der Waals surface area contributed by atoms with Gasteiger partial charge < -0.3 is 25.2 Å². The Hall–Kier alpha value is -0.800. The highest BCUT2D eigenvalue weighted by molar-refractivity contribution is 5.73. The fourth-order valence-electron chi connectivity index (χ4n) is 1.13. The molecule has 1 aliphatic rings. The molecule has 0 bridgehead atoms. The third-order valence-corrected chi connectivity index (χ3v) is 1.90. The van der Waals surface area contributed by atoms with E-state index < -0.39 is 36.7 Å². The van der Waals surface area contributed by atoms with Gasteiger partial charge >= 0.3 is 5.97 Å². The van der Waals surface area contributed by atoms with Gasteiger partial charge in [0.15, 0.2) is 6.10 Å². The van der Waals surface area contributed by atoms with Gasteiger partial charge in [-0.05, 0) is 4.53 Å². The van der Waals surface area contributed by atoms with E-state index in [1.54, 1.807) is 0 Å². The Morgan fingerprint density at radius 3 is 2.21 bits per heavy atom. The summed E-state index contributed by atoms with van der Waals surface area (Å²) in [7, 11) is 0. The predicted molar refractivity (Wildman–Crippen MR) is 36.5 cm³/mol. The maximum atomic E-state index is 11.7. The van der Waals surface area contributed by atoms with Crippen LogP contribution >= 0.6 is 0 Å². The van der Waals surface area contributed by atoms with Crippen LogP contribution in [0, 0.1) is 0 Å². The first kappa shape index (κ1) is 11.3. The van der Waals surface area contributed by atoms with E-state index in [1.807, 2.05) is 0 Å². The summed E-state index contributed by atoms with van der Waals surface area (Å²) in [5.41, 5.74) is 0. The van der Waals surface area contributed by atoms with Gasteiger partial charge in [0.2, 0.25) is 6.29 Å². The lowest BCUT2D eigenvalue weighted by Gasteiger charge is -2.36.